The Morgan fingerprint density at radius 1 is 1.39 bits per heavy atom. The molecule has 2 N–H and O–H groups in total. The minimum absolute atomic E-state index is 0.00785. The topological polar surface area (TPSA) is 89.5 Å². The van der Waals surface area contributed by atoms with E-state index in [4.69, 9.17) is 0 Å². The summed E-state index contributed by atoms with van der Waals surface area (Å²) in [5.74, 6) is -0.0157. The number of hydrogen-bond acceptors (Lipinski definition) is 4. The average Bonchev–Trinajstić information content (AvgIpc) is 3.15. The second-order valence-electron chi connectivity index (χ2n) is 7.19. The maximum absolute atomic E-state index is 12.4. The van der Waals surface area contributed by atoms with Crippen LogP contribution < -0.4 is 0 Å². The van der Waals surface area contributed by atoms with Gasteiger partial charge in [0.25, 0.3) is 5.91 Å². The Hall–Kier alpha value is -1.89. The molecule has 1 spiro atoms. The number of piperidine rings is 1. The summed E-state index contributed by atoms with van der Waals surface area (Å²) < 4.78 is 0. The lowest BCUT2D eigenvalue weighted by atomic mass is 9.74. The number of imidazole rings is 1. The van der Waals surface area contributed by atoms with E-state index in [0.29, 0.717) is 25.3 Å². The van der Waals surface area contributed by atoms with E-state index < -0.39 is 5.54 Å². The summed E-state index contributed by atoms with van der Waals surface area (Å²) in [5.41, 5.74) is 0.0351. The number of aliphatic hydroxyl groups excluding tert-OH is 1. The molecule has 2 amide bonds. The first kappa shape index (κ1) is 16.0. The molecule has 0 bridgehead atoms. The average molecular weight is 320 g/mol. The number of nitrogens with zero attached hydrogens (tertiary/aromatic N) is 3. The molecule has 23 heavy (non-hydrogen) atoms. The quantitative estimate of drug-likeness (QED) is 0.836. The van der Waals surface area contributed by atoms with Crippen LogP contribution in [0.15, 0.2) is 12.5 Å². The van der Waals surface area contributed by atoms with Crippen LogP contribution in [0.5, 0.6) is 0 Å². The van der Waals surface area contributed by atoms with Crippen molar-refractivity contribution in [3.63, 3.8) is 0 Å². The van der Waals surface area contributed by atoms with Crippen molar-refractivity contribution >= 4 is 11.8 Å². The number of amides is 2. The van der Waals surface area contributed by atoms with Crippen molar-refractivity contribution in [3.05, 3.63) is 18.2 Å². The highest BCUT2D eigenvalue weighted by Crippen LogP contribution is 2.48. The Labute approximate surface area is 135 Å². The smallest absolute Gasteiger partial charge is 0.271 e. The fourth-order valence-electron chi connectivity index (χ4n) is 4.18. The largest absolute Gasteiger partial charge is 0.394 e. The first-order valence-corrected chi connectivity index (χ1v) is 8.06. The lowest BCUT2D eigenvalue weighted by Crippen LogP contribution is -2.46. The summed E-state index contributed by atoms with van der Waals surface area (Å²) in [6.07, 6.45) is 5.55. The number of aliphatic hydroxyl groups is 1. The third-order valence-corrected chi connectivity index (χ3v) is 5.46. The lowest BCUT2D eigenvalue weighted by molar-refractivity contribution is -0.134. The van der Waals surface area contributed by atoms with Gasteiger partial charge < -0.3 is 19.9 Å². The van der Waals surface area contributed by atoms with Gasteiger partial charge in [0.1, 0.15) is 5.69 Å². The van der Waals surface area contributed by atoms with Crippen LogP contribution in [-0.4, -0.2) is 68.5 Å². The van der Waals surface area contributed by atoms with Crippen LogP contribution in [0.3, 0.4) is 0 Å². The second-order valence-corrected chi connectivity index (χ2v) is 7.19. The van der Waals surface area contributed by atoms with Gasteiger partial charge in [-0.2, -0.15) is 0 Å². The number of aromatic amines is 1. The first-order chi connectivity index (χ1) is 10.9. The molecule has 7 nitrogen and oxygen atoms in total. The molecular formula is C16H24N4O3. The van der Waals surface area contributed by atoms with E-state index in [0.717, 1.165) is 19.3 Å². The van der Waals surface area contributed by atoms with Crippen molar-refractivity contribution in [2.24, 2.45) is 5.41 Å². The molecule has 0 unspecified atom stereocenters. The highest BCUT2D eigenvalue weighted by molar-refractivity contribution is 5.92. The number of carbonyl (C=O) groups excluding carboxylic acids is 2. The predicted molar refractivity (Wildman–Crippen MR) is 83.7 cm³/mol. The van der Waals surface area contributed by atoms with Crippen LogP contribution in [0.1, 0.15) is 43.6 Å². The SMILES string of the molecule is CC(=O)N1CC2(CCN(C(=O)c3cnc[nH]3)CC2)C[C@]1(C)CO. The van der Waals surface area contributed by atoms with Crippen LogP contribution in [0, 0.1) is 5.41 Å². The molecule has 1 aromatic heterocycles. The zero-order valence-corrected chi connectivity index (χ0v) is 13.7. The van der Waals surface area contributed by atoms with E-state index in [-0.39, 0.29) is 23.8 Å². The summed E-state index contributed by atoms with van der Waals surface area (Å²) in [4.78, 5) is 34.7. The Morgan fingerprint density at radius 2 is 2.09 bits per heavy atom. The number of likely N-dealkylation sites (tertiary alicyclic amines) is 2. The summed E-state index contributed by atoms with van der Waals surface area (Å²) >= 11 is 0. The maximum atomic E-state index is 12.4. The Bertz CT molecular complexity index is 592. The zero-order chi connectivity index (χ0) is 16.7. The van der Waals surface area contributed by atoms with Gasteiger partial charge in [0.15, 0.2) is 0 Å². The number of nitrogens with one attached hydrogen (secondary N) is 1. The molecule has 2 aliphatic heterocycles. The molecule has 0 saturated carbocycles. The van der Waals surface area contributed by atoms with E-state index in [9.17, 15) is 14.7 Å². The molecular weight excluding hydrogens is 296 g/mol. The molecule has 0 aliphatic carbocycles. The van der Waals surface area contributed by atoms with Crippen molar-refractivity contribution in [2.45, 2.75) is 38.6 Å². The monoisotopic (exact) mass is 320 g/mol. The van der Waals surface area contributed by atoms with Crippen LogP contribution in [-0.2, 0) is 4.79 Å². The van der Waals surface area contributed by atoms with Crippen LogP contribution in [0.4, 0.5) is 0 Å². The van der Waals surface area contributed by atoms with Crippen molar-refractivity contribution in [2.75, 3.05) is 26.2 Å². The summed E-state index contributed by atoms with van der Waals surface area (Å²) in [5, 5.41) is 9.75. The maximum Gasteiger partial charge on any atom is 0.271 e. The highest BCUT2D eigenvalue weighted by atomic mass is 16.3. The molecule has 126 valence electrons. The molecule has 1 atom stereocenters. The van der Waals surface area contributed by atoms with E-state index in [1.807, 2.05) is 11.8 Å². The molecule has 3 rings (SSSR count). The van der Waals surface area contributed by atoms with Crippen LogP contribution in [0.2, 0.25) is 0 Å². The molecule has 2 aliphatic rings. The minimum Gasteiger partial charge on any atom is -0.394 e. The molecule has 0 aromatic carbocycles. The Kier molecular flexibility index (Phi) is 3.91. The van der Waals surface area contributed by atoms with Gasteiger partial charge in [-0.25, -0.2) is 4.98 Å². The van der Waals surface area contributed by atoms with Gasteiger partial charge >= 0.3 is 0 Å². The zero-order valence-electron chi connectivity index (χ0n) is 13.7. The van der Waals surface area contributed by atoms with Gasteiger partial charge in [0.05, 0.1) is 24.7 Å². The predicted octanol–water partition coefficient (Wildman–Crippen LogP) is 0.635. The lowest BCUT2D eigenvalue weighted by Gasteiger charge is -2.39. The van der Waals surface area contributed by atoms with Gasteiger partial charge in [-0.1, -0.05) is 0 Å². The summed E-state index contributed by atoms with van der Waals surface area (Å²) in [6, 6.07) is 0. The van der Waals surface area contributed by atoms with E-state index in [1.165, 1.54) is 6.33 Å². The van der Waals surface area contributed by atoms with Crippen molar-refractivity contribution in [1.29, 1.82) is 0 Å². The fourth-order valence-corrected chi connectivity index (χ4v) is 4.18. The Balaban J connectivity index is 1.69. The van der Waals surface area contributed by atoms with Crippen molar-refractivity contribution in [3.8, 4) is 0 Å². The molecule has 7 heteroatoms. The normalized spacial score (nSPS) is 26.7. The molecule has 2 fully saturated rings. The molecule has 1 aromatic rings. The molecule has 3 heterocycles. The van der Waals surface area contributed by atoms with E-state index in [2.05, 4.69) is 9.97 Å². The number of aromatic nitrogens is 2. The van der Waals surface area contributed by atoms with Crippen LogP contribution >= 0.6 is 0 Å². The number of carbonyl (C=O) groups is 2. The number of rotatable bonds is 2. The highest BCUT2D eigenvalue weighted by Gasteiger charge is 2.52. The summed E-state index contributed by atoms with van der Waals surface area (Å²) in [7, 11) is 0. The van der Waals surface area contributed by atoms with Gasteiger partial charge in [0, 0.05) is 26.6 Å². The van der Waals surface area contributed by atoms with Crippen molar-refractivity contribution < 1.29 is 14.7 Å². The summed E-state index contributed by atoms with van der Waals surface area (Å²) in [6.45, 7) is 5.50. The van der Waals surface area contributed by atoms with E-state index in [1.54, 1.807) is 18.0 Å². The fraction of sp³-hybridized carbons (Fsp3) is 0.688. The van der Waals surface area contributed by atoms with E-state index >= 15 is 0 Å². The second kappa shape index (κ2) is 5.63. The molecule has 2 saturated heterocycles. The third-order valence-electron chi connectivity index (χ3n) is 5.46. The van der Waals surface area contributed by atoms with Crippen molar-refractivity contribution in [1.82, 2.24) is 19.8 Å². The van der Waals surface area contributed by atoms with Gasteiger partial charge in [-0.15, -0.1) is 0 Å². The van der Waals surface area contributed by atoms with Gasteiger partial charge in [-0.05, 0) is 31.6 Å². The number of H-pyrrole nitrogens is 1. The van der Waals surface area contributed by atoms with Gasteiger partial charge in [-0.3, -0.25) is 9.59 Å². The van der Waals surface area contributed by atoms with Gasteiger partial charge in [0.2, 0.25) is 5.91 Å². The number of hydrogen-bond donors (Lipinski definition) is 2. The first-order valence-electron chi connectivity index (χ1n) is 8.06. The van der Waals surface area contributed by atoms with Crippen LogP contribution in [0.25, 0.3) is 0 Å². The standard InChI is InChI=1S/C16H24N4O3/c1-12(22)20-9-16(8-15(20,2)10-21)3-5-19(6-4-16)14(23)13-7-17-11-18-13/h7,11,21H,3-6,8-10H2,1-2H3,(H,17,18)/t15-/m1/s1. The third kappa shape index (κ3) is 2.73. The minimum atomic E-state index is -0.485. The molecule has 0 radical (unpaired) electrons. The Morgan fingerprint density at radius 3 is 2.57 bits per heavy atom.